The van der Waals surface area contributed by atoms with E-state index in [0.29, 0.717) is 6.07 Å². The summed E-state index contributed by atoms with van der Waals surface area (Å²) in [5, 5.41) is 4.81. The lowest BCUT2D eigenvalue weighted by molar-refractivity contribution is -0.136. The highest BCUT2D eigenvalue weighted by Gasteiger charge is 2.26. The molecule has 1 saturated heterocycles. The molecule has 1 fully saturated rings. The lowest BCUT2D eigenvalue weighted by Gasteiger charge is -2.38. The maximum absolute atomic E-state index is 13.7. The van der Waals surface area contributed by atoms with Gasteiger partial charge >= 0.3 is 11.8 Å². The number of likely N-dealkylation sites (N-methyl/N-ethyl adjacent to an activating group) is 1. The van der Waals surface area contributed by atoms with E-state index in [9.17, 15) is 18.4 Å². The second-order valence-corrected chi connectivity index (χ2v) is 7.42. The van der Waals surface area contributed by atoms with E-state index in [4.69, 9.17) is 4.74 Å². The Morgan fingerprint density at radius 1 is 1.03 bits per heavy atom. The van der Waals surface area contributed by atoms with Crippen molar-refractivity contribution in [3.8, 4) is 5.75 Å². The zero-order chi connectivity index (χ0) is 22.4. The molecule has 1 aliphatic heterocycles. The fourth-order valence-electron chi connectivity index (χ4n) is 3.46. The van der Waals surface area contributed by atoms with Crippen LogP contribution >= 0.6 is 0 Å². The summed E-state index contributed by atoms with van der Waals surface area (Å²) in [6, 6.07) is 10.1. The molecule has 0 radical (unpaired) electrons. The van der Waals surface area contributed by atoms with E-state index in [0.717, 1.165) is 49.6 Å². The lowest BCUT2D eigenvalue weighted by atomic mass is 10.0. The maximum Gasteiger partial charge on any atom is 0.313 e. The van der Waals surface area contributed by atoms with Crippen LogP contribution in [0.3, 0.4) is 0 Å². The van der Waals surface area contributed by atoms with Gasteiger partial charge in [0.2, 0.25) is 0 Å². The number of benzene rings is 2. The van der Waals surface area contributed by atoms with Crippen LogP contribution in [0.2, 0.25) is 0 Å². The number of carbonyl (C=O) groups excluding carboxylic acids is 2. The van der Waals surface area contributed by atoms with Crippen molar-refractivity contribution in [2.45, 2.75) is 6.04 Å². The molecule has 0 saturated carbocycles. The predicted octanol–water partition coefficient (Wildman–Crippen LogP) is 2.02. The average molecular weight is 432 g/mol. The Kier molecular flexibility index (Phi) is 7.54. The van der Waals surface area contributed by atoms with Crippen LogP contribution in [0.1, 0.15) is 11.6 Å². The number of anilines is 1. The van der Waals surface area contributed by atoms with E-state index in [-0.39, 0.29) is 18.3 Å². The van der Waals surface area contributed by atoms with Crippen molar-refractivity contribution in [3.63, 3.8) is 0 Å². The molecule has 1 heterocycles. The van der Waals surface area contributed by atoms with Crippen LogP contribution in [0.4, 0.5) is 14.5 Å². The normalized spacial score (nSPS) is 15.9. The Balaban J connectivity index is 1.66. The largest absolute Gasteiger partial charge is 0.497 e. The molecule has 3 rings (SSSR count). The third-order valence-electron chi connectivity index (χ3n) is 5.32. The van der Waals surface area contributed by atoms with Gasteiger partial charge in [-0.25, -0.2) is 8.78 Å². The number of nitrogens with zero attached hydrogens (tertiary/aromatic N) is 2. The number of carbonyl (C=O) groups is 2. The number of ether oxygens (including phenoxy) is 1. The van der Waals surface area contributed by atoms with Gasteiger partial charge in [0.1, 0.15) is 17.4 Å². The maximum atomic E-state index is 13.7. The zero-order valence-corrected chi connectivity index (χ0v) is 17.5. The highest BCUT2D eigenvalue weighted by molar-refractivity contribution is 6.39. The monoisotopic (exact) mass is 432 g/mol. The highest BCUT2D eigenvalue weighted by atomic mass is 19.1. The summed E-state index contributed by atoms with van der Waals surface area (Å²) >= 11 is 0. The van der Waals surface area contributed by atoms with E-state index in [2.05, 4.69) is 27.5 Å². The van der Waals surface area contributed by atoms with Gasteiger partial charge in [0.25, 0.3) is 0 Å². The van der Waals surface area contributed by atoms with Gasteiger partial charge in [-0.2, -0.15) is 0 Å². The van der Waals surface area contributed by atoms with Crippen molar-refractivity contribution < 1.29 is 23.1 Å². The van der Waals surface area contributed by atoms with Crippen LogP contribution in [0, 0.1) is 11.6 Å². The van der Waals surface area contributed by atoms with Gasteiger partial charge in [-0.3, -0.25) is 14.5 Å². The number of hydrogen-bond acceptors (Lipinski definition) is 5. The first kappa shape index (κ1) is 22.6. The van der Waals surface area contributed by atoms with Crippen molar-refractivity contribution >= 4 is 17.5 Å². The van der Waals surface area contributed by atoms with Crippen LogP contribution < -0.4 is 15.4 Å². The number of piperazine rings is 1. The summed E-state index contributed by atoms with van der Waals surface area (Å²) < 4.78 is 32.0. The molecule has 0 aromatic heterocycles. The molecular weight excluding hydrogens is 406 g/mol. The Morgan fingerprint density at radius 3 is 2.32 bits per heavy atom. The second kappa shape index (κ2) is 10.3. The minimum Gasteiger partial charge on any atom is -0.497 e. The summed E-state index contributed by atoms with van der Waals surface area (Å²) in [6.45, 7) is 3.62. The van der Waals surface area contributed by atoms with Gasteiger partial charge in [-0.1, -0.05) is 12.1 Å². The number of hydrogen-bond donors (Lipinski definition) is 2. The molecule has 2 N–H and O–H groups in total. The molecule has 0 unspecified atom stereocenters. The van der Waals surface area contributed by atoms with Gasteiger partial charge in [0, 0.05) is 38.8 Å². The summed E-state index contributed by atoms with van der Waals surface area (Å²) in [7, 11) is 3.65. The van der Waals surface area contributed by atoms with E-state index >= 15 is 0 Å². The van der Waals surface area contributed by atoms with Gasteiger partial charge < -0.3 is 20.3 Å². The van der Waals surface area contributed by atoms with E-state index < -0.39 is 23.4 Å². The molecule has 7 nitrogen and oxygen atoms in total. The van der Waals surface area contributed by atoms with E-state index in [1.165, 1.54) is 0 Å². The van der Waals surface area contributed by atoms with Crippen LogP contribution in [0.5, 0.6) is 5.75 Å². The summed E-state index contributed by atoms with van der Waals surface area (Å²) in [4.78, 5) is 29.0. The Labute approximate surface area is 180 Å². The first-order valence-electron chi connectivity index (χ1n) is 9.98. The molecule has 31 heavy (non-hydrogen) atoms. The minimum absolute atomic E-state index is 0.140. The smallest absolute Gasteiger partial charge is 0.313 e. The molecule has 2 amide bonds. The van der Waals surface area contributed by atoms with Crippen molar-refractivity contribution in [2.75, 3.05) is 52.2 Å². The molecule has 2 aromatic rings. The molecule has 0 bridgehead atoms. The van der Waals surface area contributed by atoms with Crippen molar-refractivity contribution in [2.24, 2.45) is 0 Å². The quantitative estimate of drug-likeness (QED) is 0.684. The SMILES string of the molecule is COc1ccc([C@@H](CNC(=O)C(=O)Nc2ccc(F)cc2F)N2CCN(C)CC2)cc1. The first-order valence-corrected chi connectivity index (χ1v) is 9.98. The van der Waals surface area contributed by atoms with E-state index in [1.807, 2.05) is 24.3 Å². The lowest BCUT2D eigenvalue weighted by Crippen LogP contribution is -2.49. The van der Waals surface area contributed by atoms with Crippen molar-refractivity contribution in [1.29, 1.82) is 0 Å². The highest BCUT2D eigenvalue weighted by Crippen LogP contribution is 2.24. The number of amides is 2. The molecule has 0 aliphatic carbocycles. The number of halogens is 2. The number of rotatable bonds is 6. The van der Waals surface area contributed by atoms with Gasteiger partial charge in [0.05, 0.1) is 18.8 Å². The Hall–Kier alpha value is -3.04. The summed E-state index contributed by atoms with van der Waals surface area (Å²) in [5.41, 5.74) is 0.725. The van der Waals surface area contributed by atoms with Crippen molar-refractivity contribution in [3.05, 3.63) is 59.7 Å². The molecule has 2 aromatic carbocycles. The van der Waals surface area contributed by atoms with E-state index in [1.54, 1.807) is 7.11 Å². The van der Waals surface area contributed by atoms with Crippen LogP contribution in [-0.2, 0) is 9.59 Å². The third-order valence-corrected chi connectivity index (χ3v) is 5.32. The Bertz CT molecular complexity index is 915. The molecule has 1 aliphatic rings. The molecule has 9 heteroatoms. The van der Waals surface area contributed by atoms with Crippen LogP contribution in [-0.4, -0.2) is 68.5 Å². The fraction of sp³-hybridized carbons (Fsp3) is 0.364. The topological polar surface area (TPSA) is 73.9 Å². The van der Waals surface area contributed by atoms with Gasteiger partial charge in [0.15, 0.2) is 0 Å². The molecule has 166 valence electrons. The number of nitrogens with one attached hydrogen (secondary N) is 2. The van der Waals surface area contributed by atoms with Crippen LogP contribution in [0.15, 0.2) is 42.5 Å². The molecule has 0 spiro atoms. The molecular formula is C22H26F2N4O3. The van der Waals surface area contributed by atoms with Crippen LogP contribution in [0.25, 0.3) is 0 Å². The van der Waals surface area contributed by atoms with Gasteiger partial charge in [-0.15, -0.1) is 0 Å². The third kappa shape index (κ3) is 5.99. The Morgan fingerprint density at radius 2 is 1.71 bits per heavy atom. The van der Waals surface area contributed by atoms with Gasteiger partial charge in [-0.05, 0) is 36.9 Å². The fourth-order valence-corrected chi connectivity index (χ4v) is 3.46. The first-order chi connectivity index (χ1) is 14.9. The molecule has 1 atom stereocenters. The second-order valence-electron chi connectivity index (χ2n) is 7.42. The summed E-state index contributed by atoms with van der Waals surface area (Å²) in [5.74, 6) is -2.90. The number of methoxy groups -OCH3 is 1. The minimum atomic E-state index is -1.02. The zero-order valence-electron chi connectivity index (χ0n) is 17.5. The standard InChI is InChI=1S/C22H26F2N4O3/c1-27-9-11-28(12-10-27)20(15-3-6-17(31-2)7-4-15)14-25-21(29)22(30)26-19-8-5-16(23)13-18(19)24/h3-8,13,20H,9-12,14H2,1-2H3,(H,25,29)(H,26,30)/t20-/m1/s1. The predicted molar refractivity (Wildman–Crippen MR) is 113 cm³/mol. The summed E-state index contributed by atoms with van der Waals surface area (Å²) in [6.07, 6.45) is 0. The average Bonchev–Trinajstić information content (AvgIpc) is 2.77. The van der Waals surface area contributed by atoms with Crippen molar-refractivity contribution in [1.82, 2.24) is 15.1 Å².